The Hall–Kier alpha value is -2.01. The van der Waals surface area contributed by atoms with Crippen LogP contribution in [-0.4, -0.2) is 36.5 Å². The van der Waals surface area contributed by atoms with Crippen LogP contribution in [0.25, 0.3) is 16.6 Å². The van der Waals surface area contributed by atoms with Crippen molar-refractivity contribution >= 4 is 44.3 Å². The summed E-state index contributed by atoms with van der Waals surface area (Å²) in [5.41, 5.74) is -0.294. The second-order valence-corrected chi connectivity index (χ2v) is 9.49. The minimum atomic E-state index is -3.30. The molecular formula is C18H16ClF2N3O3S2. The van der Waals surface area contributed by atoms with Crippen molar-refractivity contribution in [2.45, 2.75) is 11.6 Å². The quantitative estimate of drug-likeness (QED) is 0.333. The molecule has 0 radical (unpaired) electrons. The molecule has 0 aliphatic carbocycles. The fourth-order valence-electron chi connectivity index (χ4n) is 2.60. The Labute approximate surface area is 175 Å². The number of hydrogen-bond acceptors (Lipinski definition) is 5. The topological polar surface area (TPSA) is 81.1 Å². The Bertz CT molecular complexity index is 1230. The van der Waals surface area contributed by atoms with E-state index in [1.165, 1.54) is 12.1 Å². The highest BCUT2D eigenvalue weighted by Crippen LogP contribution is 2.25. The van der Waals surface area contributed by atoms with Crippen molar-refractivity contribution in [1.82, 2.24) is 14.3 Å². The van der Waals surface area contributed by atoms with Gasteiger partial charge < -0.3 is 0 Å². The fraction of sp³-hybridized carbons (Fsp3) is 0.222. The number of hydrogen-bond donors (Lipinski definition) is 1. The Kier molecular flexibility index (Phi) is 6.57. The molecule has 2 aromatic carbocycles. The molecule has 0 saturated carbocycles. The summed E-state index contributed by atoms with van der Waals surface area (Å²) < 4.78 is 53.4. The van der Waals surface area contributed by atoms with Gasteiger partial charge in [0.2, 0.25) is 10.0 Å². The molecule has 0 bridgehead atoms. The zero-order chi connectivity index (χ0) is 21.2. The highest BCUT2D eigenvalue weighted by Gasteiger charge is 2.17. The molecule has 0 saturated heterocycles. The molecule has 0 amide bonds. The number of rotatable bonds is 7. The normalized spacial score (nSPS) is 11.9. The summed E-state index contributed by atoms with van der Waals surface area (Å²) in [7, 11) is -3.30. The Morgan fingerprint density at radius 1 is 1.21 bits per heavy atom. The van der Waals surface area contributed by atoms with Gasteiger partial charge in [0.25, 0.3) is 5.56 Å². The van der Waals surface area contributed by atoms with E-state index in [0.717, 1.165) is 28.7 Å². The molecule has 3 aromatic rings. The number of thioether (sulfide) groups is 1. The summed E-state index contributed by atoms with van der Waals surface area (Å²) >= 11 is 7.14. The maximum Gasteiger partial charge on any atom is 0.266 e. The lowest BCUT2D eigenvalue weighted by Gasteiger charge is -2.14. The molecule has 0 atom stereocenters. The molecule has 0 spiro atoms. The average molecular weight is 460 g/mol. The summed E-state index contributed by atoms with van der Waals surface area (Å²) in [6, 6.07) is 7.52. The maximum atomic E-state index is 14.4. The SMILES string of the molecule is CS(=O)(=O)NCCCSc1nc2ccc(Cl)cc2c(=O)n1-c1ccc(F)cc1F. The van der Waals surface area contributed by atoms with E-state index in [0.29, 0.717) is 28.8 Å². The molecular weight excluding hydrogens is 444 g/mol. The van der Waals surface area contributed by atoms with E-state index in [-0.39, 0.29) is 22.8 Å². The first-order valence-corrected chi connectivity index (χ1v) is 11.7. The third-order valence-electron chi connectivity index (χ3n) is 3.87. The van der Waals surface area contributed by atoms with Gasteiger partial charge in [0.15, 0.2) is 5.16 Å². The molecule has 1 heterocycles. The van der Waals surface area contributed by atoms with E-state index in [1.807, 2.05) is 0 Å². The van der Waals surface area contributed by atoms with Crippen LogP contribution < -0.4 is 10.3 Å². The maximum absolute atomic E-state index is 14.4. The van der Waals surface area contributed by atoms with Gasteiger partial charge in [-0.3, -0.25) is 9.36 Å². The van der Waals surface area contributed by atoms with Gasteiger partial charge in [0, 0.05) is 23.4 Å². The van der Waals surface area contributed by atoms with Crippen LogP contribution in [0.2, 0.25) is 5.02 Å². The van der Waals surface area contributed by atoms with Gasteiger partial charge in [-0.1, -0.05) is 23.4 Å². The van der Waals surface area contributed by atoms with Gasteiger partial charge in [0.1, 0.15) is 11.6 Å². The summed E-state index contributed by atoms with van der Waals surface area (Å²) in [5.74, 6) is -1.26. The van der Waals surface area contributed by atoms with Crippen molar-refractivity contribution in [3.63, 3.8) is 0 Å². The van der Waals surface area contributed by atoms with Gasteiger partial charge in [-0.25, -0.2) is 26.9 Å². The van der Waals surface area contributed by atoms with Crippen LogP contribution in [0.1, 0.15) is 6.42 Å². The van der Waals surface area contributed by atoms with Gasteiger partial charge >= 0.3 is 0 Å². The molecule has 0 aliphatic heterocycles. The fourth-order valence-corrected chi connectivity index (χ4v) is 4.23. The van der Waals surface area contributed by atoms with Crippen molar-refractivity contribution in [2.24, 2.45) is 0 Å². The van der Waals surface area contributed by atoms with Crippen LogP contribution in [0.5, 0.6) is 0 Å². The van der Waals surface area contributed by atoms with E-state index < -0.39 is 27.2 Å². The number of fused-ring (bicyclic) bond motifs is 1. The molecule has 11 heteroatoms. The van der Waals surface area contributed by atoms with E-state index in [4.69, 9.17) is 11.6 Å². The number of nitrogens with one attached hydrogen (secondary N) is 1. The molecule has 0 aliphatic rings. The smallest absolute Gasteiger partial charge is 0.266 e. The van der Waals surface area contributed by atoms with Gasteiger partial charge in [-0.15, -0.1) is 0 Å². The van der Waals surface area contributed by atoms with Gasteiger partial charge in [-0.05, 0) is 36.8 Å². The van der Waals surface area contributed by atoms with Crippen molar-refractivity contribution in [1.29, 1.82) is 0 Å². The van der Waals surface area contributed by atoms with E-state index in [2.05, 4.69) is 9.71 Å². The first kappa shape index (κ1) is 21.7. The second kappa shape index (κ2) is 8.78. The van der Waals surface area contributed by atoms with E-state index in [1.54, 1.807) is 12.1 Å². The molecule has 1 N–H and O–H groups in total. The monoisotopic (exact) mass is 459 g/mol. The highest BCUT2D eigenvalue weighted by molar-refractivity contribution is 7.99. The molecule has 3 rings (SSSR count). The lowest BCUT2D eigenvalue weighted by molar-refractivity contribution is 0.572. The predicted octanol–water partition coefficient (Wildman–Crippen LogP) is 3.35. The lowest BCUT2D eigenvalue weighted by Crippen LogP contribution is -2.24. The number of halogens is 3. The average Bonchev–Trinajstić information content (AvgIpc) is 2.62. The summed E-state index contributed by atoms with van der Waals surface area (Å²) in [4.78, 5) is 17.5. The third-order valence-corrected chi connectivity index (χ3v) is 5.86. The third kappa shape index (κ3) is 5.33. The first-order chi connectivity index (χ1) is 13.7. The van der Waals surface area contributed by atoms with Crippen LogP contribution in [0.3, 0.4) is 0 Å². The second-order valence-electron chi connectivity index (χ2n) is 6.16. The van der Waals surface area contributed by atoms with Crippen molar-refractivity contribution < 1.29 is 17.2 Å². The molecule has 0 unspecified atom stereocenters. The highest BCUT2D eigenvalue weighted by atomic mass is 35.5. The Morgan fingerprint density at radius 2 is 1.97 bits per heavy atom. The number of aromatic nitrogens is 2. The first-order valence-electron chi connectivity index (χ1n) is 8.41. The Balaban J connectivity index is 2.02. The van der Waals surface area contributed by atoms with E-state index >= 15 is 0 Å². The minimum absolute atomic E-state index is 0.137. The zero-order valence-electron chi connectivity index (χ0n) is 15.2. The minimum Gasteiger partial charge on any atom is -0.268 e. The molecule has 0 fully saturated rings. The van der Waals surface area contributed by atoms with Gasteiger partial charge in [0.05, 0.1) is 22.8 Å². The molecule has 6 nitrogen and oxygen atoms in total. The van der Waals surface area contributed by atoms with Crippen molar-refractivity contribution in [3.05, 3.63) is 63.4 Å². The summed E-state index contributed by atoms with van der Waals surface area (Å²) in [6.07, 6.45) is 1.52. The van der Waals surface area contributed by atoms with Crippen LogP contribution in [0.4, 0.5) is 8.78 Å². The summed E-state index contributed by atoms with van der Waals surface area (Å²) in [5, 5.41) is 0.730. The number of nitrogens with zero attached hydrogens (tertiary/aromatic N) is 2. The zero-order valence-corrected chi connectivity index (χ0v) is 17.5. The molecule has 29 heavy (non-hydrogen) atoms. The van der Waals surface area contributed by atoms with Crippen molar-refractivity contribution in [2.75, 3.05) is 18.6 Å². The standard InChI is InChI=1S/C18H16ClF2N3O3S2/c1-29(26,27)22-7-2-8-28-18-23-15-5-3-11(19)9-13(15)17(25)24(18)16-6-4-12(20)10-14(16)21/h3-6,9-10,22H,2,7-8H2,1H3. The van der Waals surface area contributed by atoms with Crippen LogP contribution in [-0.2, 0) is 10.0 Å². The van der Waals surface area contributed by atoms with E-state index in [9.17, 15) is 22.0 Å². The van der Waals surface area contributed by atoms with Crippen LogP contribution in [0.15, 0.2) is 46.3 Å². The van der Waals surface area contributed by atoms with Gasteiger partial charge in [-0.2, -0.15) is 0 Å². The Morgan fingerprint density at radius 3 is 2.66 bits per heavy atom. The lowest BCUT2D eigenvalue weighted by atomic mass is 10.2. The number of benzene rings is 2. The largest absolute Gasteiger partial charge is 0.268 e. The molecule has 1 aromatic heterocycles. The molecule has 154 valence electrons. The van der Waals surface area contributed by atoms with Crippen LogP contribution in [0, 0.1) is 11.6 Å². The van der Waals surface area contributed by atoms with Crippen molar-refractivity contribution in [3.8, 4) is 5.69 Å². The van der Waals surface area contributed by atoms with Crippen LogP contribution >= 0.6 is 23.4 Å². The predicted molar refractivity (Wildman–Crippen MR) is 110 cm³/mol. The summed E-state index contributed by atoms with van der Waals surface area (Å²) in [6.45, 7) is 0.212. The number of sulfonamides is 1.